The molecule has 150 valence electrons. The summed E-state index contributed by atoms with van der Waals surface area (Å²) in [7, 11) is 0. The molecule has 3 nitrogen and oxygen atoms in total. The number of alkyl halides is 2. The largest absolute Gasteiger partial charge is 0.350 e. The zero-order chi connectivity index (χ0) is 20.1. The number of aryl methyl sites for hydroxylation is 1. The quantitative estimate of drug-likeness (QED) is 0.739. The Bertz CT molecular complexity index is 820. The summed E-state index contributed by atoms with van der Waals surface area (Å²) in [6, 6.07) is 14.4. The first-order valence-corrected chi connectivity index (χ1v) is 9.94. The third kappa shape index (κ3) is 5.30. The van der Waals surface area contributed by atoms with Gasteiger partial charge in [-0.25, -0.2) is 8.78 Å². The van der Waals surface area contributed by atoms with E-state index in [9.17, 15) is 13.6 Å². The van der Waals surface area contributed by atoms with Gasteiger partial charge in [0.15, 0.2) is 0 Å². The lowest BCUT2D eigenvalue weighted by Gasteiger charge is -2.31. The molecular formula is C22H25ClF2N2O. The van der Waals surface area contributed by atoms with Crippen LogP contribution in [0.25, 0.3) is 11.1 Å². The zero-order valence-corrected chi connectivity index (χ0v) is 16.7. The highest BCUT2D eigenvalue weighted by molar-refractivity contribution is 6.31. The van der Waals surface area contributed by atoms with Crippen LogP contribution < -0.4 is 5.32 Å². The lowest BCUT2D eigenvalue weighted by molar-refractivity contribution is -0.127. The van der Waals surface area contributed by atoms with Gasteiger partial charge in [-0.05, 0) is 61.2 Å². The molecule has 1 aliphatic heterocycles. The van der Waals surface area contributed by atoms with Crippen molar-refractivity contribution < 1.29 is 13.6 Å². The summed E-state index contributed by atoms with van der Waals surface area (Å²) in [5, 5.41) is 3.09. The van der Waals surface area contributed by atoms with Crippen LogP contribution in [0.15, 0.2) is 42.5 Å². The van der Waals surface area contributed by atoms with Gasteiger partial charge in [-0.3, -0.25) is 9.69 Å². The summed E-state index contributed by atoms with van der Waals surface area (Å²) in [6.07, 6.45) is -1.13. The minimum absolute atomic E-state index is 0.179. The van der Waals surface area contributed by atoms with Crippen LogP contribution in [-0.2, 0) is 11.3 Å². The molecule has 1 fully saturated rings. The van der Waals surface area contributed by atoms with Crippen molar-refractivity contribution in [1.29, 1.82) is 0 Å². The van der Waals surface area contributed by atoms with E-state index in [1.54, 1.807) is 0 Å². The molecule has 1 heterocycles. The van der Waals surface area contributed by atoms with E-state index >= 15 is 0 Å². The van der Waals surface area contributed by atoms with E-state index in [1.165, 1.54) is 5.56 Å². The van der Waals surface area contributed by atoms with Crippen molar-refractivity contribution in [2.75, 3.05) is 19.6 Å². The molecular weight excluding hydrogens is 382 g/mol. The molecule has 2 aromatic rings. The Kier molecular flexibility index (Phi) is 7.03. The Balaban J connectivity index is 1.63. The molecule has 1 amide bonds. The highest BCUT2D eigenvalue weighted by atomic mass is 35.5. The molecule has 0 aromatic heterocycles. The first-order valence-electron chi connectivity index (χ1n) is 9.56. The third-order valence-corrected chi connectivity index (χ3v) is 5.69. The SMILES string of the molecule is Cc1ccc(-c2ccccc2CN2CCC(C(=O)NCC(F)F)CC2)cc1Cl. The van der Waals surface area contributed by atoms with Gasteiger partial charge in [-0.2, -0.15) is 0 Å². The van der Waals surface area contributed by atoms with E-state index in [4.69, 9.17) is 11.6 Å². The first kappa shape index (κ1) is 20.7. The van der Waals surface area contributed by atoms with Crippen molar-refractivity contribution in [2.45, 2.75) is 32.7 Å². The Labute approximate surface area is 169 Å². The number of halogens is 3. The summed E-state index contributed by atoms with van der Waals surface area (Å²) in [4.78, 5) is 14.3. The number of piperidine rings is 1. The van der Waals surface area contributed by atoms with Gasteiger partial charge in [0.2, 0.25) is 5.91 Å². The van der Waals surface area contributed by atoms with Crippen molar-refractivity contribution in [1.82, 2.24) is 10.2 Å². The fourth-order valence-electron chi connectivity index (χ4n) is 3.62. The number of likely N-dealkylation sites (tertiary alicyclic amines) is 1. The van der Waals surface area contributed by atoms with Crippen LogP contribution in [0.4, 0.5) is 8.78 Å². The molecule has 0 atom stereocenters. The van der Waals surface area contributed by atoms with E-state index in [0.29, 0.717) is 12.8 Å². The van der Waals surface area contributed by atoms with Gasteiger partial charge in [0.05, 0.1) is 6.54 Å². The molecule has 6 heteroatoms. The minimum Gasteiger partial charge on any atom is -0.350 e. The highest BCUT2D eigenvalue weighted by Gasteiger charge is 2.25. The first-order chi connectivity index (χ1) is 13.4. The van der Waals surface area contributed by atoms with Crippen molar-refractivity contribution in [3.8, 4) is 11.1 Å². The van der Waals surface area contributed by atoms with Crippen molar-refractivity contribution in [3.63, 3.8) is 0 Å². The fraction of sp³-hybridized carbons (Fsp3) is 0.409. The van der Waals surface area contributed by atoms with Crippen LogP contribution in [0.3, 0.4) is 0 Å². The van der Waals surface area contributed by atoms with Gasteiger partial charge in [0, 0.05) is 17.5 Å². The van der Waals surface area contributed by atoms with Crippen LogP contribution in [0.1, 0.15) is 24.0 Å². The van der Waals surface area contributed by atoms with Gasteiger partial charge in [0.25, 0.3) is 6.43 Å². The number of hydrogen-bond acceptors (Lipinski definition) is 2. The van der Waals surface area contributed by atoms with Gasteiger partial charge < -0.3 is 5.32 Å². The molecule has 0 saturated carbocycles. The van der Waals surface area contributed by atoms with E-state index in [0.717, 1.165) is 41.3 Å². The van der Waals surface area contributed by atoms with Gasteiger partial charge >= 0.3 is 0 Å². The Morgan fingerprint density at radius 1 is 1.21 bits per heavy atom. The highest BCUT2D eigenvalue weighted by Crippen LogP contribution is 2.29. The normalized spacial score (nSPS) is 15.8. The number of amides is 1. The molecule has 0 spiro atoms. The molecule has 1 saturated heterocycles. The number of benzene rings is 2. The van der Waals surface area contributed by atoms with E-state index in [-0.39, 0.29) is 11.8 Å². The van der Waals surface area contributed by atoms with E-state index in [2.05, 4.69) is 28.4 Å². The molecule has 0 radical (unpaired) electrons. The predicted molar refractivity (Wildman–Crippen MR) is 109 cm³/mol. The van der Waals surface area contributed by atoms with Crippen LogP contribution in [0, 0.1) is 12.8 Å². The average Bonchev–Trinajstić information content (AvgIpc) is 2.69. The molecule has 1 N–H and O–H groups in total. The molecule has 0 unspecified atom stereocenters. The monoisotopic (exact) mass is 406 g/mol. The fourth-order valence-corrected chi connectivity index (χ4v) is 3.80. The maximum absolute atomic E-state index is 12.3. The van der Waals surface area contributed by atoms with Crippen LogP contribution in [0.2, 0.25) is 5.02 Å². The smallest absolute Gasteiger partial charge is 0.255 e. The standard InChI is InChI=1S/C22H25ClF2N2O/c1-15-6-7-17(12-20(15)23)19-5-3-2-4-18(19)14-27-10-8-16(9-11-27)22(28)26-13-21(24)25/h2-7,12,16,21H,8-11,13-14H2,1H3,(H,26,28). The van der Waals surface area contributed by atoms with Crippen molar-refractivity contribution in [2.24, 2.45) is 5.92 Å². The Hall–Kier alpha value is -1.98. The summed E-state index contributed by atoms with van der Waals surface area (Å²) >= 11 is 6.30. The third-order valence-electron chi connectivity index (χ3n) is 5.28. The van der Waals surface area contributed by atoms with Crippen LogP contribution in [-0.4, -0.2) is 36.9 Å². The number of nitrogens with one attached hydrogen (secondary N) is 1. The number of rotatable bonds is 6. The van der Waals surface area contributed by atoms with Gasteiger partial charge in [-0.15, -0.1) is 0 Å². The summed E-state index contributed by atoms with van der Waals surface area (Å²) in [6.45, 7) is 3.75. The summed E-state index contributed by atoms with van der Waals surface area (Å²) in [5.41, 5.74) is 4.51. The molecule has 2 aromatic carbocycles. The maximum atomic E-state index is 12.3. The Morgan fingerprint density at radius 3 is 2.61 bits per heavy atom. The second kappa shape index (κ2) is 9.48. The van der Waals surface area contributed by atoms with Crippen LogP contribution in [0.5, 0.6) is 0 Å². The summed E-state index contributed by atoms with van der Waals surface area (Å²) < 4.78 is 24.5. The second-order valence-corrected chi connectivity index (χ2v) is 7.71. The second-order valence-electron chi connectivity index (χ2n) is 7.31. The molecule has 0 aliphatic carbocycles. The predicted octanol–water partition coefficient (Wildman–Crippen LogP) is 4.91. The Morgan fingerprint density at radius 2 is 1.93 bits per heavy atom. The molecule has 28 heavy (non-hydrogen) atoms. The number of carbonyl (C=O) groups is 1. The lowest BCUT2D eigenvalue weighted by Crippen LogP contribution is -2.41. The van der Waals surface area contributed by atoms with Crippen molar-refractivity contribution in [3.05, 3.63) is 58.6 Å². The average molecular weight is 407 g/mol. The van der Waals surface area contributed by atoms with Gasteiger partial charge in [-0.1, -0.05) is 48.0 Å². The lowest BCUT2D eigenvalue weighted by atomic mass is 9.94. The molecule has 1 aliphatic rings. The zero-order valence-electron chi connectivity index (χ0n) is 15.9. The van der Waals surface area contributed by atoms with Crippen LogP contribution >= 0.6 is 11.6 Å². The van der Waals surface area contributed by atoms with E-state index in [1.807, 2.05) is 31.2 Å². The number of carbonyl (C=O) groups excluding carboxylic acids is 1. The van der Waals surface area contributed by atoms with Crippen molar-refractivity contribution >= 4 is 17.5 Å². The molecule has 0 bridgehead atoms. The van der Waals surface area contributed by atoms with Gasteiger partial charge in [0.1, 0.15) is 0 Å². The molecule has 3 rings (SSSR count). The minimum atomic E-state index is -2.50. The number of hydrogen-bond donors (Lipinski definition) is 1. The van der Waals surface area contributed by atoms with E-state index < -0.39 is 13.0 Å². The number of nitrogens with zero attached hydrogens (tertiary/aromatic N) is 1. The topological polar surface area (TPSA) is 32.3 Å². The maximum Gasteiger partial charge on any atom is 0.255 e. The summed E-state index contributed by atoms with van der Waals surface area (Å²) in [5.74, 6) is -0.434.